The molecule has 1 aromatic rings. The maximum Gasteiger partial charge on any atom is 0.277 e. The van der Waals surface area contributed by atoms with E-state index >= 15 is 0 Å². The SMILES string of the molecule is CC(=O)c1cc(C(=O)NCC(F)(F)CN)n(C)c1. The molecule has 0 bridgehead atoms. The highest BCUT2D eigenvalue weighted by molar-refractivity contribution is 5.99. The highest BCUT2D eigenvalue weighted by Gasteiger charge is 2.27. The molecule has 0 unspecified atom stereocenters. The third-order valence-electron chi connectivity index (χ3n) is 2.45. The minimum atomic E-state index is -3.13. The van der Waals surface area contributed by atoms with Crippen molar-refractivity contribution in [3.63, 3.8) is 0 Å². The van der Waals surface area contributed by atoms with Crippen LogP contribution in [0.1, 0.15) is 27.8 Å². The largest absolute Gasteiger partial charge is 0.346 e. The molecule has 0 saturated carbocycles. The number of nitrogens with one attached hydrogen (secondary N) is 1. The van der Waals surface area contributed by atoms with Gasteiger partial charge in [-0.25, -0.2) is 8.78 Å². The van der Waals surface area contributed by atoms with Gasteiger partial charge >= 0.3 is 0 Å². The van der Waals surface area contributed by atoms with E-state index in [-0.39, 0.29) is 11.5 Å². The first kappa shape index (κ1) is 14.3. The molecule has 1 rings (SSSR count). The van der Waals surface area contributed by atoms with E-state index < -0.39 is 24.9 Å². The third-order valence-corrected chi connectivity index (χ3v) is 2.45. The van der Waals surface area contributed by atoms with Gasteiger partial charge in [-0.15, -0.1) is 0 Å². The van der Waals surface area contributed by atoms with Crippen LogP contribution in [0, 0.1) is 0 Å². The topological polar surface area (TPSA) is 77.1 Å². The molecule has 1 amide bonds. The van der Waals surface area contributed by atoms with Gasteiger partial charge in [-0.1, -0.05) is 0 Å². The number of nitrogens with zero attached hydrogens (tertiary/aromatic N) is 1. The van der Waals surface area contributed by atoms with Crippen molar-refractivity contribution >= 4 is 11.7 Å². The highest BCUT2D eigenvalue weighted by Crippen LogP contribution is 2.11. The molecule has 0 aliphatic heterocycles. The standard InChI is InChI=1S/C11H15F2N3O2/c1-7(17)8-3-9(16(2)4-8)10(18)15-6-11(12,13)5-14/h3-4H,5-6,14H2,1-2H3,(H,15,18). The Hall–Kier alpha value is -1.76. The second-order valence-corrected chi connectivity index (χ2v) is 4.02. The Kier molecular flexibility index (Phi) is 4.18. The molecule has 3 N–H and O–H groups in total. The van der Waals surface area contributed by atoms with Gasteiger partial charge in [-0.2, -0.15) is 0 Å². The van der Waals surface area contributed by atoms with Crippen LogP contribution in [0.2, 0.25) is 0 Å². The van der Waals surface area contributed by atoms with Crippen molar-refractivity contribution in [1.82, 2.24) is 9.88 Å². The number of amides is 1. The van der Waals surface area contributed by atoms with Crippen molar-refractivity contribution in [2.24, 2.45) is 12.8 Å². The lowest BCUT2D eigenvalue weighted by Crippen LogP contribution is -2.41. The van der Waals surface area contributed by atoms with Crippen LogP contribution in [-0.4, -0.2) is 35.3 Å². The lowest BCUT2D eigenvalue weighted by atomic mass is 10.2. The molecular weight excluding hydrogens is 244 g/mol. The van der Waals surface area contributed by atoms with E-state index in [0.717, 1.165) is 0 Å². The van der Waals surface area contributed by atoms with Crippen molar-refractivity contribution < 1.29 is 18.4 Å². The zero-order valence-corrected chi connectivity index (χ0v) is 10.2. The smallest absolute Gasteiger partial charge is 0.277 e. The van der Waals surface area contributed by atoms with E-state index in [1.54, 1.807) is 7.05 Å². The molecule has 0 spiro atoms. The zero-order valence-electron chi connectivity index (χ0n) is 10.2. The molecule has 0 radical (unpaired) electrons. The summed E-state index contributed by atoms with van der Waals surface area (Å²) in [6.45, 7) is -0.304. The Labute approximate surface area is 103 Å². The number of hydrogen-bond donors (Lipinski definition) is 2. The summed E-state index contributed by atoms with van der Waals surface area (Å²) >= 11 is 0. The fraction of sp³-hybridized carbons (Fsp3) is 0.455. The number of hydrogen-bond acceptors (Lipinski definition) is 3. The predicted molar refractivity (Wildman–Crippen MR) is 61.8 cm³/mol. The Bertz CT molecular complexity index is 469. The minimum absolute atomic E-state index is 0.146. The number of ketones is 1. The van der Waals surface area contributed by atoms with Crippen molar-refractivity contribution in [3.05, 3.63) is 23.5 Å². The van der Waals surface area contributed by atoms with Gasteiger partial charge in [0.25, 0.3) is 11.8 Å². The summed E-state index contributed by atoms with van der Waals surface area (Å²) in [7, 11) is 1.56. The third kappa shape index (κ3) is 3.36. The van der Waals surface area contributed by atoms with E-state index in [0.29, 0.717) is 5.56 Å². The quantitative estimate of drug-likeness (QED) is 0.758. The molecule has 1 heterocycles. The van der Waals surface area contributed by atoms with E-state index in [4.69, 9.17) is 5.73 Å². The highest BCUT2D eigenvalue weighted by atomic mass is 19.3. The van der Waals surface area contributed by atoms with E-state index in [1.807, 2.05) is 0 Å². The normalized spacial score (nSPS) is 11.4. The van der Waals surface area contributed by atoms with Crippen molar-refractivity contribution in [2.75, 3.05) is 13.1 Å². The average molecular weight is 259 g/mol. The van der Waals surface area contributed by atoms with Gasteiger partial charge in [0, 0.05) is 18.8 Å². The van der Waals surface area contributed by atoms with Crippen LogP contribution in [0.25, 0.3) is 0 Å². The summed E-state index contributed by atoms with van der Waals surface area (Å²) < 4.78 is 27.1. The molecule has 0 aliphatic carbocycles. The van der Waals surface area contributed by atoms with E-state index in [2.05, 4.69) is 5.32 Å². The molecule has 100 valence electrons. The first-order valence-corrected chi connectivity index (χ1v) is 5.30. The van der Waals surface area contributed by atoms with Gasteiger partial charge in [-0.05, 0) is 13.0 Å². The van der Waals surface area contributed by atoms with Crippen LogP contribution < -0.4 is 11.1 Å². The van der Waals surface area contributed by atoms with Crippen LogP contribution >= 0.6 is 0 Å². The second kappa shape index (κ2) is 5.26. The molecule has 18 heavy (non-hydrogen) atoms. The number of aromatic nitrogens is 1. The van der Waals surface area contributed by atoms with E-state index in [9.17, 15) is 18.4 Å². The number of halogens is 2. The van der Waals surface area contributed by atoms with Crippen LogP contribution in [0.3, 0.4) is 0 Å². The minimum Gasteiger partial charge on any atom is -0.346 e. The lowest BCUT2D eigenvalue weighted by molar-refractivity contribution is 0.0117. The van der Waals surface area contributed by atoms with Gasteiger partial charge in [0.05, 0.1) is 13.1 Å². The fourth-order valence-corrected chi connectivity index (χ4v) is 1.36. The summed E-state index contributed by atoms with van der Waals surface area (Å²) in [5, 5.41) is 2.08. The van der Waals surface area contributed by atoms with E-state index in [1.165, 1.54) is 23.8 Å². The van der Waals surface area contributed by atoms with Crippen LogP contribution in [0.5, 0.6) is 0 Å². The molecule has 0 aliphatic rings. The van der Waals surface area contributed by atoms with Gasteiger partial charge in [0.15, 0.2) is 5.78 Å². The zero-order chi connectivity index (χ0) is 13.9. The molecule has 5 nitrogen and oxygen atoms in total. The summed E-state index contributed by atoms with van der Waals surface area (Å²) in [4.78, 5) is 22.8. The summed E-state index contributed by atoms with van der Waals surface area (Å²) in [6.07, 6.45) is 1.47. The number of carbonyl (C=O) groups excluding carboxylic acids is 2. The molecule has 7 heteroatoms. The maximum atomic E-state index is 12.9. The van der Waals surface area contributed by atoms with Gasteiger partial charge in [0.1, 0.15) is 5.69 Å². The maximum absolute atomic E-state index is 12.9. The fourth-order valence-electron chi connectivity index (χ4n) is 1.36. The molecule has 0 saturated heterocycles. The number of Topliss-reactive ketones (excluding diaryl/α,β-unsaturated/α-hetero) is 1. The predicted octanol–water partition coefficient (Wildman–Crippen LogP) is 0.551. The number of rotatable bonds is 5. The van der Waals surface area contributed by atoms with Crippen LogP contribution in [0.15, 0.2) is 12.3 Å². The van der Waals surface area contributed by atoms with Crippen molar-refractivity contribution in [2.45, 2.75) is 12.8 Å². The Morgan fingerprint density at radius 2 is 2.11 bits per heavy atom. The monoisotopic (exact) mass is 259 g/mol. The Morgan fingerprint density at radius 1 is 1.50 bits per heavy atom. The van der Waals surface area contributed by atoms with Crippen molar-refractivity contribution in [3.8, 4) is 0 Å². The molecular formula is C11H15F2N3O2. The first-order chi connectivity index (χ1) is 8.26. The number of carbonyl (C=O) groups is 2. The second-order valence-electron chi connectivity index (χ2n) is 4.02. The van der Waals surface area contributed by atoms with Gasteiger partial charge in [0.2, 0.25) is 0 Å². The van der Waals surface area contributed by atoms with Gasteiger partial charge in [-0.3, -0.25) is 9.59 Å². The van der Waals surface area contributed by atoms with Gasteiger partial charge < -0.3 is 15.6 Å². The Morgan fingerprint density at radius 3 is 2.56 bits per heavy atom. The lowest BCUT2D eigenvalue weighted by Gasteiger charge is -2.14. The first-order valence-electron chi connectivity index (χ1n) is 5.30. The number of alkyl halides is 2. The Balaban J connectivity index is 2.76. The molecule has 0 aromatic carbocycles. The van der Waals surface area contributed by atoms with Crippen LogP contribution in [0.4, 0.5) is 8.78 Å². The molecule has 0 atom stereocenters. The number of nitrogens with two attached hydrogens (primary N) is 1. The average Bonchev–Trinajstić information content (AvgIpc) is 2.69. The molecule has 0 fully saturated rings. The van der Waals surface area contributed by atoms with Crippen molar-refractivity contribution in [1.29, 1.82) is 0 Å². The van der Waals surface area contributed by atoms with Crippen LogP contribution in [-0.2, 0) is 7.05 Å². The summed E-state index contributed by atoms with van der Waals surface area (Å²) in [5.41, 5.74) is 5.35. The summed E-state index contributed by atoms with van der Waals surface area (Å²) in [6, 6.07) is 1.36. The summed E-state index contributed by atoms with van der Waals surface area (Å²) in [5.74, 6) is -4.00. The molecule has 1 aromatic heterocycles. The number of aryl methyl sites for hydroxylation is 1.